The Bertz CT molecular complexity index is 308. The van der Waals surface area contributed by atoms with Crippen LogP contribution in [0.3, 0.4) is 0 Å². The van der Waals surface area contributed by atoms with Crippen molar-refractivity contribution < 1.29 is 5.11 Å². The van der Waals surface area contributed by atoms with E-state index in [0.29, 0.717) is 0 Å². The maximum absolute atomic E-state index is 9.64. The summed E-state index contributed by atoms with van der Waals surface area (Å²) in [5.74, 6) is 1.09. The molecule has 0 bridgehead atoms. The first-order valence-electron chi connectivity index (χ1n) is 6.06. The molecule has 1 N–H and O–H groups in total. The van der Waals surface area contributed by atoms with Gasteiger partial charge in [0.15, 0.2) is 0 Å². The van der Waals surface area contributed by atoms with Crippen molar-refractivity contribution in [1.82, 2.24) is 4.90 Å². The van der Waals surface area contributed by atoms with Crippen molar-refractivity contribution in [2.75, 3.05) is 25.9 Å². The van der Waals surface area contributed by atoms with Gasteiger partial charge in [0.2, 0.25) is 0 Å². The molecule has 1 aromatic rings. The van der Waals surface area contributed by atoms with E-state index in [0.717, 1.165) is 25.3 Å². The normalized spacial score (nSPS) is 12.1. The maximum Gasteiger partial charge on any atom is 0.0603 e. The Morgan fingerprint density at radius 3 is 2.41 bits per heavy atom. The average molecular weight is 253 g/mol. The molecule has 17 heavy (non-hydrogen) atoms. The molecule has 0 fully saturated rings. The van der Waals surface area contributed by atoms with Crippen LogP contribution in [0, 0.1) is 0 Å². The van der Waals surface area contributed by atoms with Gasteiger partial charge in [-0.15, -0.1) is 11.8 Å². The smallest absolute Gasteiger partial charge is 0.0603 e. The summed E-state index contributed by atoms with van der Waals surface area (Å²) in [5.41, 5.74) is -0.555. The molecule has 0 aliphatic heterocycles. The number of hydrogen-bond acceptors (Lipinski definition) is 3. The van der Waals surface area contributed by atoms with E-state index in [2.05, 4.69) is 36.2 Å². The summed E-state index contributed by atoms with van der Waals surface area (Å²) >= 11 is 1.88. The van der Waals surface area contributed by atoms with E-state index in [1.807, 2.05) is 31.7 Å². The second-order valence-electron chi connectivity index (χ2n) is 5.03. The van der Waals surface area contributed by atoms with E-state index in [-0.39, 0.29) is 0 Å². The van der Waals surface area contributed by atoms with E-state index >= 15 is 0 Å². The van der Waals surface area contributed by atoms with Crippen molar-refractivity contribution in [1.29, 1.82) is 0 Å². The Morgan fingerprint density at radius 2 is 1.82 bits per heavy atom. The second kappa shape index (κ2) is 7.04. The van der Waals surface area contributed by atoms with Gasteiger partial charge in [-0.25, -0.2) is 0 Å². The first kappa shape index (κ1) is 14.6. The molecule has 0 atom stereocenters. The molecule has 0 saturated carbocycles. The van der Waals surface area contributed by atoms with Crippen molar-refractivity contribution in [2.24, 2.45) is 0 Å². The number of aliphatic hydroxyl groups is 1. The third kappa shape index (κ3) is 7.42. The van der Waals surface area contributed by atoms with Crippen LogP contribution in [-0.4, -0.2) is 41.5 Å². The summed E-state index contributed by atoms with van der Waals surface area (Å²) in [6.45, 7) is 5.72. The lowest BCUT2D eigenvalue weighted by atomic mass is 10.1. The van der Waals surface area contributed by atoms with Gasteiger partial charge in [0, 0.05) is 23.7 Å². The Balaban J connectivity index is 2.14. The van der Waals surface area contributed by atoms with Crippen molar-refractivity contribution in [3.05, 3.63) is 30.3 Å². The summed E-state index contributed by atoms with van der Waals surface area (Å²) in [5, 5.41) is 9.64. The number of hydrogen-bond donors (Lipinski definition) is 1. The first-order valence-corrected chi connectivity index (χ1v) is 7.05. The molecule has 0 radical (unpaired) electrons. The van der Waals surface area contributed by atoms with Gasteiger partial charge in [-0.3, -0.25) is 0 Å². The fourth-order valence-electron chi connectivity index (χ4n) is 1.41. The fourth-order valence-corrected chi connectivity index (χ4v) is 2.40. The van der Waals surface area contributed by atoms with Crippen LogP contribution in [0.5, 0.6) is 0 Å². The molecule has 0 heterocycles. The summed E-state index contributed by atoms with van der Waals surface area (Å²) in [6.07, 6.45) is 0.819. The second-order valence-corrected chi connectivity index (χ2v) is 6.20. The quantitative estimate of drug-likeness (QED) is 0.756. The van der Waals surface area contributed by atoms with Crippen LogP contribution in [0.15, 0.2) is 35.2 Å². The molecule has 0 unspecified atom stereocenters. The van der Waals surface area contributed by atoms with Gasteiger partial charge in [-0.05, 0) is 39.4 Å². The zero-order valence-corrected chi connectivity index (χ0v) is 11.8. The predicted molar refractivity (Wildman–Crippen MR) is 75.6 cm³/mol. The van der Waals surface area contributed by atoms with Crippen LogP contribution in [0.2, 0.25) is 0 Å². The van der Waals surface area contributed by atoms with Gasteiger partial charge in [-0.1, -0.05) is 18.2 Å². The lowest BCUT2D eigenvalue weighted by Gasteiger charge is -2.22. The molecule has 0 spiro atoms. The number of thioether (sulfide) groups is 1. The molecular formula is C14H23NOS. The molecule has 96 valence electrons. The molecule has 0 amide bonds. The largest absolute Gasteiger partial charge is 0.390 e. The van der Waals surface area contributed by atoms with Crippen LogP contribution in [-0.2, 0) is 0 Å². The van der Waals surface area contributed by atoms with Gasteiger partial charge >= 0.3 is 0 Å². The summed E-state index contributed by atoms with van der Waals surface area (Å²) < 4.78 is 0. The SMILES string of the molecule is CN(CCSc1ccccc1)CCC(C)(C)O. The van der Waals surface area contributed by atoms with E-state index in [1.165, 1.54) is 4.90 Å². The highest BCUT2D eigenvalue weighted by Crippen LogP contribution is 2.16. The lowest BCUT2D eigenvalue weighted by molar-refractivity contribution is 0.0614. The summed E-state index contributed by atoms with van der Waals surface area (Å²) in [7, 11) is 2.11. The van der Waals surface area contributed by atoms with Crippen LogP contribution in [0.25, 0.3) is 0 Å². The molecule has 2 nitrogen and oxygen atoms in total. The molecule has 0 aliphatic carbocycles. The highest BCUT2D eigenvalue weighted by atomic mass is 32.2. The minimum atomic E-state index is -0.555. The van der Waals surface area contributed by atoms with Crippen LogP contribution in [0.1, 0.15) is 20.3 Å². The third-order valence-corrected chi connectivity index (χ3v) is 3.58. The Labute approximate surface area is 109 Å². The summed E-state index contributed by atoms with van der Waals surface area (Å²) in [4.78, 5) is 3.59. The van der Waals surface area contributed by atoms with Gasteiger partial charge in [0.05, 0.1) is 5.60 Å². The van der Waals surface area contributed by atoms with Crippen LogP contribution in [0.4, 0.5) is 0 Å². The van der Waals surface area contributed by atoms with Crippen LogP contribution >= 0.6 is 11.8 Å². The topological polar surface area (TPSA) is 23.5 Å². The molecule has 0 aromatic heterocycles. The van der Waals surface area contributed by atoms with E-state index in [1.54, 1.807) is 0 Å². The Kier molecular flexibility index (Phi) is 6.03. The van der Waals surface area contributed by atoms with Crippen LogP contribution < -0.4 is 0 Å². The number of rotatable bonds is 7. The minimum Gasteiger partial charge on any atom is -0.390 e. The van der Waals surface area contributed by atoms with Gasteiger partial charge in [-0.2, -0.15) is 0 Å². The van der Waals surface area contributed by atoms with Crippen molar-refractivity contribution in [3.63, 3.8) is 0 Å². The van der Waals surface area contributed by atoms with Crippen molar-refractivity contribution in [2.45, 2.75) is 30.8 Å². The zero-order chi connectivity index (χ0) is 12.7. The molecular weight excluding hydrogens is 230 g/mol. The molecule has 0 aliphatic rings. The maximum atomic E-state index is 9.64. The molecule has 1 aromatic carbocycles. The van der Waals surface area contributed by atoms with Gasteiger partial charge in [0.25, 0.3) is 0 Å². The van der Waals surface area contributed by atoms with Crippen molar-refractivity contribution in [3.8, 4) is 0 Å². The fraction of sp³-hybridized carbons (Fsp3) is 0.571. The zero-order valence-electron chi connectivity index (χ0n) is 11.0. The van der Waals surface area contributed by atoms with Gasteiger partial charge in [0.1, 0.15) is 0 Å². The molecule has 3 heteroatoms. The third-order valence-electron chi connectivity index (χ3n) is 2.59. The first-order chi connectivity index (χ1) is 7.97. The predicted octanol–water partition coefficient (Wildman–Crippen LogP) is 2.87. The van der Waals surface area contributed by atoms with E-state index in [4.69, 9.17) is 0 Å². The highest BCUT2D eigenvalue weighted by molar-refractivity contribution is 7.99. The Hall–Kier alpha value is -0.510. The minimum absolute atomic E-state index is 0.555. The average Bonchev–Trinajstić information content (AvgIpc) is 2.27. The molecule has 1 rings (SSSR count). The number of nitrogens with zero attached hydrogens (tertiary/aromatic N) is 1. The standard InChI is InChI=1S/C14H23NOS/c1-14(2,16)9-10-15(3)11-12-17-13-7-5-4-6-8-13/h4-8,16H,9-12H2,1-3H3. The molecule has 0 saturated heterocycles. The van der Waals surface area contributed by atoms with Crippen molar-refractivity contribution >= 4 is 11.8 Å². The van der Waals surface area contributed by atoms with E-state index < -0.39 is 5.60 Å². The van der Waals surface area contributed by atoms with E-state index in [9.17, 15) is 5.11 Å². The van der Waals surface area contributed by atoms with Gasteiger partial charge < -0.3 is 10.0 Å². The number of benzene rings is 1. The Morgan fingerprint density at radius 1 is 1.18 bits per heavy atom. The summed E-state index contributed by atoms with van der Waals surface area (Å²) in [6, 6.07) is 10.5. The monoisotopic (exact) mass is 253 g/mol. The highest BCUT2D eigenvalue weighted by Gasteiger charge is 2.12. The lowest BCUT2D eigenvalue weighted by Crippen LogP contribution is -2.29.